The first-order valence-corrected chi connectivity index (χ1v) is 6.86. The number of fused-ring (bicyclic) bond motifs is 1. The van der Waals surface area contributed by atoms with Crippen LogP contribution >= 0.6 is 23.2 Å². The molecular weight excluding hydrogens is 309 g/mol. The molecule has 0 atom stereocenters. The number of aromatic nitrogens is 2. The van der Waals surface area contributed by atoms with Gasteiger partial charge in [0, 0.05) is 24.0 Å². The lowest BCUT2D eigenvalue weighted by atomic mass is 10.1. The topological polar surface area (TPSA) is 54.9 Å². The van der Waals surface area contributed by atoms with E-state index in [4.69, 9.17) is 23.2 Å². The predicted octanol–water partition coefficient (Wildman–Crippen LogP) is 4.19. The van der Waals surface area contributed by atoms with E-state index in [-0.39, 0.29) is 16.1 Å². The van der Waals surface area contributed by atoms with Crippen molar-refractivity contribution in [1.29, 1.82) is 0 Å². The first kappa shape index (κ1) is 13.8. The van der Waals surface area contributed by atoms with Crippen LogP contribution < -0.4 is 5.32 Å². The van der Waals surface area contributed by atoms with Gasteiger partial charge in [0.05, 0.1) is 16.3 Å². The molecule has 104 valence electrons. The summed E-state index contributed by atoms with van der Waals surface area (Å²) in [7, 11) is 0. The Bertz CT molecular complexity index is 831. The lowest BCUT2D eigenvalue weighted by Gasteiger charge is -2.08. The Morgan fingerprint density at radius 3 is 2.81 bits per heavy atom. The van der Waals surface area contributed by atoms with E-state index in [1.54, 1.807) is 12.4 Å². The van der Waals surface area contributed by atoms with Crippen LogP contribution in [-0.4, -0.2) is 15.9 Å². The van der Waals surface area contributed by atoms with E-state index in [0.717, 1.165) is 10.8 Å². The molecule has 6 heteroatoms. The average molecular weight is 318 g/mol. The molecule has 2 aromatic heterocycles. The van der Waals surface area contributed by atoms with Crippen molar-refractivity contribution in [1.82, 2.24) is 9.97 Å². The maximum Gasteiger partial charge on any atom is 0.257 e. The van der Waals surface area contributed by atoms with Gasteiger partial charge in [-0.15, -0.1) is 0 Å². The number of halogens is 2. The highest BCUT2D eigenvalue weighted by molar-refractivity contribution is 6.41. The second kappa shape index (κ2) is 5.68. The molecule has 3 rings (SSSR count). The second-order valence-electron chi connectivity index (χ2n) is 4.35. The van der Waals surface area contributed by atoms with Crippen LogP contribution in [0.3, 0.4) is 0 Å². The fourth-order valence-corrected chi connectivity index (χ4v) is 2.23. The minimum atomic E-state index is -0.308. The van der Waals surface area contributed by atoms with E-state index in [0.29, 0.717) is 11.3 Å². The number of amides is 1. The molecule has 0 aliphatic carbocycles. The van der Waals surface area contributed by atoms with Crippen LogP contribution in [0.2, 0.25) is 10.2 Å². The first-order chi connectivity index (χ1) is 10.1. The smallest absolute Gasteiger partial charge is 0.257 e. The van der Waals surface area contributed by atoms with Gasteiger partial charge < -0.3 is 5.32 Å². The molecule has 1 N–H and O–H groups in total. The van der Waals surface area contributed by atoms with Crippen LogP contribution in [-0.2, 0) is 0 Å². The normalized spacial score (nSPS) is 10.6. The molecular formula is C15H9Cl2N3O. The van der Waals surface area contributed by atoms with Crippen molar-refractivity contribution >= 4 is 45.6 Å². The quantitative estimate of drug-likeness (QED) is 0.721. The van der Waals surface area contributed by atoms with Crippen molar-refractivity contribution in [3.8, 4) is 0 Å². The minimum absolute atomic E-state index is 0.169. The zero-order chi connectivity index (χ0) is 14.8. The average Bonchev–Trinajstić information content (AvgIpc) is 2.50. The van der Waals surface area contributed by atoms with Crippen LogP contribution in [0.25, 0.3) is 10.8 Å². The van der Waals surface area contributed by atoms with Gasteiger partial charge in [-0.2, -0.15) is 0 Å². The maximum absolute atomic E-state index is 12.2. The summed E-state index contributed by atoms with van der Waals surface area (Å²) in [5.74, 6) is -0.308. The Labute approximate surface area is 130 Å². The second-order valence-corrected chi connectivity index (χ2v) is 5.12. The number of benzene rings is 1. The number of hydrogen-bond acceptors (Lipinski definition) is 3. The Morgan fingerprint density at radius 1 is 1.14 bits per heavy atom. The van der Waals surface area contributed by atoms with Gasteiger partial charge in [0.2, 0.25) is 0 Å². The molecule has 1 amide bonds. The van der Waals surface area contributed by atoms with Crippen molar-refractivity contribution in [2.45, 2.75) is 0 Å². The van der Waals surface area contributed by atoms with E-state index in [1.165, 1.54) is 12.3 Å². The molecule has 0 bridgehead atoms. The van der Waals surface area contributed by atoms with Gasteiger partial charge in [-0.05, 0) is 23.6 Å². The summed E-state index contributed by atoms with van der Waals surface area (Å²) in [5.41, 5.74) is 1.02. The van der Waals surface area contributed by atoms with E-state index in [1.807, 2.05) is 24.3 Å². The molecule has 0 saturated carbocycles. The number of nitrogens with zero attached hydrogens (tertiary/aromatic N) is 2. The van der Waals surface area contributed by atoms with Crippen molar-refractivity contribution < 1.29 is 4.79 Å². The monoisotopic (exact) mass is 317 g/mol. The first-order valence-electron chi connectivity index (χ1n) is 6.10. The molecule has 1 aromatic carbocycles. The number of anilines is 1. The van der Waals surface area contributed by atoms with Crippen LogP contribution in [0.5, 0.6) is 0 Å². The summed E-state index contributed by atoms with van der Waals surface area (Å²) in [5, 5.41) is 5.09. The Balaban J connectivity index is 1.94. The van der Waals surface area contributed by atoms with E-state index >= 15 is 0 Å². The van der Waals surface area contributed by atoms with E-state index in [2.05, 4.69) is 15.3 Å². The zero-order valence-electron chi connectivity index (χ0n) is 10.7. The third kappa shape index (κ3) is 2.82. The molecule has 0 aliphatic heterocycles. The van der Waals surface area contributed by atoms with Crippen molar-refractivity contribution in [3.05, 3.63) is 64.7 Å². The molecule has 3 aromatic rings. The van der Waals surface area contributed by atoms with Gasteiger partial charge in [0.1, 0.15) is 5.15 Å². The summed E-state index contributed by atoms with van der Waals surface area (Å²) in [4.78, 5) is 20.2. The number of nitrogens with one attached hydrogen (secondary N) is 1. The fourth-order valence-electron chi connectivity index (χ4n) is 1.96. The summed E-state index contributed by atoms with van der Waals surface area (Å²) >= 11 is 11.6. The molecule has 4 nitrogen and oxygen atoms in total. The van der Waals surface area contributed by atoms with Crippen molar-refractivity contribution in [3.63, 3.8) is 0 Å². The zero-order valence-corrected chi connectivity index (χ0v) is 12.2. The molecule has 0 unspecified atom stereocenters. The lowest BCUT2D eigenvalue weighted by Crippen LogP contribution is -2.12. The molecule has 0 spiro atoms. The van der Waals surface area contributed by atoms with Gasteiger partial charge in [-0.3, -0.25) is 9.78 Å². The number of hydrogen-bond donors (Lipinski definition) is 1. The molecule has 0 radical (unpaired) electrons. The SMILES string of the molecule is O=C(Nc1cccc2ccncc12)c1cnc(Cl)c(Cl)c1. The number of carbonyl (C=O) groups is 1. The Hall–Kier alpha value is -2.17. The molecule has 0 aliphatic rings. The third-order valence-electron chi connectivity index (χ3n) is 2.99. The highest BCUT2D eigenvalue weighted by Gasteiger charge is 2.11. The number of pyridine rings is 2. The highest BCUT2D eigenvalue weighted by Crippen LogP contribution is 2.24. The lowest BCUT2D eigenvalue weighted by molar-refractivity contribution is 0.102. The van der Waals surface area contributed by atoms with Crippen molar-refractivity contribution in [2.75, 3.05) is 5.32 Å². The van der Waals surface area contributed by atoms with E-state index in [9.17, 15) is 4.79 Å². The summed E-state index contributed by atoms with van der Waals surface area (Å²) < 4.78 is 0. The van der Waals surface area contributed by atoms with Gasteiger partial charge >= 0.3 is 0 Å². The third-order valence-corrected chi connectivity index (χ3v) is 3.68. The Kier molecular flexibility index (Phi) is 3.73. The highest BCUT2D eigenvalue weighted by atomic mass is 35.5. The van der Waals surface area contributed by atoms with Crippen molar-refractivity contribution in [2.24, 2.45) is 0 Å². The number of carbonyl (C=O) groups excluding carboxylic acids is 1. The predicted molar refractivity (Wildman–Crippen MR) is 84.0 cm³/mol. The maximum atomic E-state index is 12.2. The molecule has 21 heavy (non-hydrogen) atoms. The van der Waals surface area contributed by atoms with Gasteiger partial charge in [-0.25, -0.2) is 4.98 Å². The summed E-state index contributed by atoms with van der Waals surface area (Å²) in [6, 6.07) is 8.99. The number of rotatable bonds is 2. The van der Waals surface area contributed by atoms with Gasteiger partial charge in [0.15, 0.2) is 0 Å². The minimum Gasteiger partial charge on any atom is -0.321 e. The fraction of sp³-hybridized carbons (Fsp3) is 0. The summed E-state index contributed by atoms with van der Waals surface area (Å²) in [6.07, 6.45) is 4.79. The standard InChI is InChI=1S/C15H9Cl2N3O/c16-12-6-10(7-19-14(12)17)15(21)20-13-3-1-2-9-4-5-18-8-11(9)13/h1-8H,(H,20,21). The Morgan fingerprint density at radius 2 is 2.00 bits per heavy atom. The van der Waals surface area contributed by atoms with Gasteiger partial charge in [0.25, 0.3) is 5.91 Å². The molecule has 2 heterocycles. The van der Waals surface area contributed by atoms with Crippen LogP contribution in [0.15, 0.2) is 48.9 Å². The molecule has 0 fully saturated rings. The largest absolute Gasteiger partial charge is 0.321 e. The van der Waals surface area contributed by atoms with Crippen LogP contribution in [0.4, 0.5) is 5.69 Å². The van der Waals surface area contributed by atoms with Crippen LogP contribution in [0.1, 0.15) is 10.4 Å². The van der Waals surface area contributed by atoms with Gasteiger partial charge in [-0.1, -0.05) is 35.3 Å². The van der Waals surface area contributed by atoms with E-state index < -0.39 is 0 Å². The van der Waals surface area contributed by atoms with Crippen LogP contribution in [0, 0.1) is 0 Å². The summed E-state index contributed by atoms with van der Waals surface area (Å²) in [6.45, 7) is 0. The molecule has 0 saturated heterocycles.